The molecule has 3 aromatic rings. The van der Waals surface area contributed by atoms with Crippen molar-refractivity contribution in [3.8, 4) is 0 Å². The molecule has 6 heteroatoms. The second-order valence-electron chi connectivity index (χ2n) is 4.38. The second-order valence-corrected chi connectivity index (χ2v) is 4.75. The van der Waals surface area contributed by atoms with E-state index in [2.05, 4.69) is 25.7 Å². The van der Waals surface area contributed by atoms with Gasteiger partial charge in [0, 0.05) is 19.3 Å². The van der Waals surface area contributed by atoms with Crippen LogP contribution in [0.15, 0.2) is 30.6 Å². The van der Waals surface area contributed by atoms with Crippen molar-refractivity contribution in [1.82, 2.24) is 24.3 Å². The highest BCUT2D eigenvalue weighted by molar-refractivity contribution is 6.17. The molecule has 0 spiro atoms. The average molecular weight is 276 g/mol. The normalized spacial score (nSPS) is 11.3. The van der Waals surface area contributed by atoms with E-state index in [9.17, 15) is 0 Å². The quantitative estimate of drug-likeness (QED) is 0.684. The van der Waals surface area contributed by atoms with E-state index in [0.29, 0.717) is 12.4 Å². The van der Waals surface area contributed by atoms with Crippen molar-refractivity contribution in [3.63, 3.8) is 0 Å². The van der Waals surface area contributed by atoms with E-state index >= 15 is 0 Å². The topological polar surface area (TPSA) is 48.5 Å². The lowest BCUT2D eigenvalue weighted by Gasteiger charge is -2.05. The molecule has 0 saturated carbocycles. The van der Waals surface area contributed by atoms with Crippen molar-refractivity contribution in [1.29, 1.82) is 0 Å². The first kappa shape index (κ1) is 12.2. The fraction of sp³-hybridized carbons (Fsp3) is 0.308. The zero-order valence-electron chi connectivity index (χ0n) is 10.6. The summed E-state index contributed by atoms with van der Waals surface area (Å²) >= 11 is 5.85. The Morgan fingerprint density at radius 3 is 2.84 bits per heavy atom. The van der Waals surface area contributed by atoms with Gasteiger partial charge in [-0.2, -0.15) is 5.10 Å². The molecule has 1 aromatic carbocycles. The van der Waals surface area contributed by atoms with E-state index in [-0.39, 0.29) is 0 Å². The number of imidazole rings is 1. The Bertz CT molecular complexity index is 700. The Kier molecular flexibility index (Phi) is 3.21. The van der Waals surface area contributed by atoms with E-state index in [1.165, 1.54) is 0 Å². The molecular weight excluding hydrogens is 262 g/mol. The van der Waals surface area contributed by atoms with Crippen LogP contribution in [0.4, 0.5) is 0 Å². The van der Waals surface area contributed by atoms with Crippen LogP contribution < -0.4 is 0 Å². The van der Waals surface area contributed by atoms with Crippen LogP contribution in [0.5, 0.6) is 0 Å². The van der Waals surface area contributed by atoms with Crippen LogP contribution in [0.25, 0.3) is 11.0 Å². The van der Waals surface area contributed by atoms with Crippen molar-refractivity contribution in [2.75, 3.05) is 5.88 Å². The van der Waals surface area contributed by atoms with Crippen LogP contribution in [0.3, 0.4) is 0 Å². The Labute approximate surface area is 115 Å². The summed E-state index contributed by atoms with van der Waals surface area (Å²) in [4.78, 5) is 8.89. The predicted molar refractivity (Wildman–Crippen MR) is 74.3 cm³/mol. The zero-order valence-corrected chi connectivity index (χ0v) is 11.4. The predicted octanol–water partition coefficient (Wildman–Crippen LogP) is 1.99. The number of hydrogen-bond donors (Lipinski definition) is 0. The van der Waals surface area contributed by atoms with Gasteiger partial charge in [0.2, 0.25) is 0 Å². The monoisotopic (exact) mass is 275 g/mol. The highest BCUT2D eigenvalue weighted by Crippen LogP contribution is 2.17. The highest BCUT2D eigenvalue weighted by atomic mass is 35.5. The average Bonchev–Trinajstić information content (AvgIpc) is 2.96. The number of aryl methyl sites for hydroxylation is 2. The largest absolute Gasteiger partial charge is 0.320 e. The fourth-order valence-corrected chi connectivity index (χ4v) is 2.34. The molecule has 2 aromatic heterocycles. The summed E-state index contributed by atoms with van der Waals surface area (Å²) in [6.07, 6.45) is 2.44. The van der Waals surface area contributed by atoms with Gasteiger partial charge in [-0.05, 0) is 12.1 Å². The number of alkyl halides is 1. The van der Waals surface area contributed by atoms with Gasteiger partial charge in [0.1, 0.15) is 12.2 Å². The van der Waals surface area contributed by atoms with E-state index in [4.69, 9.17) is 11.6 Å². The lowest BCUT2D eigenvalue weighted by molar-refractivity contribution is 0.688. The Morgan fingerprint density at radius 1 is 1.26 bits per heavy atom. The molecule has 0 aliphatic rings. The van der Waals surface area contributed by atoms with Gasteiger partial charge in [0.05, 0.1) is 17.6 Å². The van der Waals surface area contributed by atoms with Crippen molar-refractivity contribution < 1.29 is 0 Å². The fourth-order valence-electron chi connectivity index (χ4n) is 2.17. The van der Waals surface area contributed by atoms with Crippen LogP contribution in [0.2, 0.25) is 0 Å². The zero-order chi connectivity index (χ0) is 13.2. The molecule has 98 valence electrons. The molecule has 0 bridgehead atoms. The maximum Gasteiger partial charge on any atom is 0.170 e. The van der Waals surface area contributed by atoms with E-state index < -0.39 is 0 Å². The summed E-state index contributed by atoms with van der Waals surface area (Å²) < 4.78 is 3.84. The summed E-state index contributed by atoms with van der Waals surface area (Å²) in [6, 6.07) is 8.07. The SMILES string of the molecule is Cn1cnc(Cn2c(CCCl)nc3ccccc32)n1. The summed E-state index contributed by atoms with van der Waals surface area (Å²) in [6.45, 7) is 0.619. The number of aromatic nitrogens is 5. The number of hydrogen-bond acceptors (Lipinski definition) is 3. The molecule has 0 saturated heterocycles. The Balaban J connectivity index is 2.06. The van der Waals surface area contributed by atoms with Crippen molar-refractivity contribution in [2.45, 2.75) is 13.0 Å². The third-order valence-corrected chi connectivity index (χ3v) is 3.19. The number of benzene rings is 1. The van der Waals surface area contributed by atoms with Gasteiger partial charge in [-0.3, -0.25) is 4.68 Å². The van der Waals surface area contributed by atoms with Crippen molar-refractivity contribution in [2.24, 2.45) is 7.05 Å². The van der Waals surface area contributed by atoms with Crippen LogP contribution in [-0.2, 0) is 20.0 Å². The molecule has 2 heterocycles. The van der Waals surface area contributed by atoms with Gasteiger partial charge in [-0.25, -0.2) is 9.97 Å². The number of para-hydroxylation sites is 2. The number of nitrogens with zero attached hydrogens (tertiary/aromatic N) is 5. The van der Waals surface area contributed by atoms with Crippen LogP contribution in [0.1, 0.15) is 11.6 Å². The maximum absolute atomic E-state index is 5.85. The molecule has 0 unspecified atom stereocenters. The van der Waals surface area contributed by atoms with Gasteiger partial charge < -0.3 is 4.57 Å². The first-order chi connectivity index (χ1) is 9.28. The minimum atomic E-state index is 0.555. The van der Waals surface area contributed by atoms with E-state index in [1.54, 1.807) is 11.0 Å². The minimum absolute atomic E-state index is 0.555. The molecule has 0 amide bonds. The lowest BCUT2D eigenvalue weighted by Crippen LogP contribution is -2.07. The summed E-state index contributed by atoms with van der Waals surface area (Å²) in [5, 5.41) is 4.32. The third-order valence-electron chi connectivity index (χ3n) is 3.00. The maximum atomic E-state index is 5.85. The van der Waals surface area contributed by atoms with Crippen LogP contribution >= 0.6 is 11.6 Å². The van der Waals surface area contributed by atoms with Gasteiger partial charge >= 0.3 is 0 Å². The van der Waals surface area contributed by atoms with Crippen molar-refractivity contribution >= 4 is 22.6 Å². The molecule has 0 aliphatic heterocycles. The number of halogens is 1. The summed E-state index contributed by atoms with van der Waals surface area (Å²) in [5.41, 5.74) is 2.08. The second kappa shape index (κ2) is 5.01. The molecule has 0 atom stereocenters. The lowest BCUT2D eigenvalue weighted by atomic mass is 10.3. The third kappa shape index (κ3) is 2.33. The molecular formula is C13H14ClN5. The smallest absolute Gasteiger partial charge is 0.170 e. The highest BCUT2D eigenvalue weighted by Gasteiger charge is 2.11. The van der Waals surface area contributed by atoms with E-state index in [0.717, 1.165) is 29.1 Å². The van der Waals surface area contributed by atoms with E-state index in [1.807, 2.05) is 25.2 Å². The van der Waals surface area contributed by atoms with Crippen LogP contribution in [0, 0.1) is 0 Å². The number of rotatable bonds is 4. The molecule has 0 aliphatic carbocycles. The van der Waals surface area contributed by atoms with Crippen molar-refractivity contribution in [3.05, 3.63) is 42.2 Å². The minimum Gasteiger partial charge on any atom is -0.320 e. The first-order valence-electron chi connectivity index (χ1n) is 6.12. The summed E-state index contributed by atoms with van der Waals surface area (Å²) in [7, 11) is 1.86. The van der Waals surface area contributed by atoms with Gasteiger partial charge in [-0.1, -0.05) is 12.1 Å². The number of fused-ring (bicyclic) bond motifs is 1. The molecule has 0 radical (unpaired) electrons. The van der Waals surface area contributed by atoms with Gasteiger partial charge in [0.15, 0.2) is 5.82 Å². The molecule has 0 fully saturated rings. The molecule has 19 heavy (non-hydrogen) atoms. The summed E-state index contributed by atoms with van der Waals surface area (Å²) in [5.74, 6) is 2.31. The van der Waals surface area contributed by atoms with Crippen LogP contribution in [-0.4, -0.2) is 30.2 Å². The molecule has 5 nitrogen and oxygen atoms in total. The molecule has 3 rings (SSSR count). The Hall–Kier alpha value is -1.88. The Morgan fingerprint density at radius 2 is 2.11 bits per heavy atom. The standard InChI is InChI=1S/C13H14ClN5/c1-18-9-15-12(17-18)8-19-11-5-3-2-4-10(11)16-13(19)6-7-14/h2-5,9H,6-8H2,1H3. The van der Waals surface area contributed by atoms with Gasteiger partial charge in [-0.15, -0.1) is 11.6 Å². The first-order valence-corrected chi connectivity index (χ1v) is 6.66. The molecule has 0 N–H and O–H groups in total. The van der Waals surface area contributed by atoms with Gasteiger partial charge in [0.25, 0.3) is 0 Å².